The summed E-state index contributed by atoms with van der Waals surface area (Å²) in [6.07, 6.45) is 2.06. The van der Waals surface area contributed by atoms with E-state index < -0.39 is 0 Å². The van der Waals surface area contributed by atoms with Crippen LogP contribution in [0.1, 0.15) is 29.6 Å². The van der Waals surface area contributed by atoms with Crippen LogP contribution in [0.25, 0.3) is 0 Å². The van der Waals surface area contributed by atoms with Gasteiger partial charge < -0.3 is 15.3 Å². The third kappa shape index (κ3) is 4.05. The topological polar surface area (TPSA) is 69.6 Å². The Hall–Kier alpha value is -1.40. The highest BCUT2D eigenvalue weighted by Crippen LogP contribution is 2.19. The molecule has 1 aliphatic rings. The molecule has 1 atom stereocenters. The highest BCUT2D eigenvalue weighted by Gasteiger charge is 2.25. The molecular weight excluding hydrogens is 276 g/mol. The van der Waals surface area contributed by atoms with Crippen molar-refractivity contribution in [3.05, 3.63) is 22.4 Å². The Balaban J connectivity index is 1.67. The van der Waals surface area contributed by atoms with E-state index in [9.17, 15) is 9.59 Å². The summed E-state index contributed by atoms with van der Waals surface area (Å²) in [6, 6.07) is 1.77. The van der Waals surface area contributed by atoms with Crippen molar-refractivity contribution in [2.75, 3.05) is 26.2 Å². The largest absolute Gasteiger partial charge is 0.396 e. The molecule has 1 unspecified atom stereocenters. The van der Waals surface area contributed by atoms with Crippen molar-refractivity contribution in [1.29, 1.82) is 0 Å². The van der Waals surface area contributed by atoms with E-state index in [1.807, 2.05) is 10.3 Å². The first kappa shape index (κ1) is 15.0. The van der Waals surface area contributed by atoms with Gasteiger partial charge in [-0.1, -0.05) is 0 Å². The normalized spacial score (nSPS) is 18.2. The average Bonchev–Trinajstić information content (AvgIpc) is 3.10. The van der Waals surface area contributed by atoms with Gasteiger partial charge in [0.05, 0.1) is 0 Å². The van der Waals surface area contributed by atoms with E-state index in [1.165, 1.54) is 11.3 Å². The first-order valence-electron chi connectivity index (χ1n) is 6.89. The van der Waals surface area contributed by atoms with Crippen LogP contribution < -0.4 is 5.32 Å². The monoisotopic (exact) mass is 296 g/mol. The molecule has 1 saturated heterocycles. The summed E-state index contributed by atoms with van der Waals surface area (Å²) in [5, 5.41) is 15.3. The number of aliphatic hydroxyl groups excluding tert-OH is 1. The minimum atomic E-state index is -0.126. The van der Waals surface area contributed by atoms with Crippen LogP contribution in [0.4, 0.5) is 0 Å². The molecule has 110 valence electrons. The molecule has 2 N–H and O–H groups in total. The number of carbonyl (C=O) groups is 2. The summed E-state index contributed by atoms with van der Waals surface area (Å²) in [5.41, 5.74) is 0.645. The van der Waals surface area contributed by atoms with E-state index in [-0.39, 0.29) is 18.4 Å². The smallest absolute Gasteiger partial charge is 0.252 e. The second-order valence-corrected chi connectivity index (χ2v) is 5.80. The molecule has 1 aliphatic heterocycles. The second kappa shape index (κ2) is 7.40. The standard InChI is InChI=1S/C14H20N2O3S/c17-7-3-11-2-6-16(9-11)13(18)1-5-15-14(19)12-4-8-20-10-12/h4,8,10-11,17H,1-3,5-7,9H2,(H,15,19). The van der Waals surface area contributed by atoms with Crippen molar-refractivity contribution in [2.24, 2.45) is 5.92 Å². The molecule has 1 aromatic heterocycles. The van der Waals surface area contributed by atoms with E-state index in [4.69, 9.17) is 5.11 Å². The lowest BCUT2D eigenvalue weighted by atomic mass is 10.1. The lowest BCUT2D eigenvalue weighted by molar-refractivity contribution is -0.130. The van der Waals surface area contributed by atoms with Crippen LogP contribution in [0.2, 0.25) is 0 Å². The van der Waals surface area contributed by atoms with Crippen molar-refractivity contribution in [1.82, 2.24) is 10.2 Å². The number of likely N-dealkylation sites (tertiary alicyclic amines) is 1. The molecule has 0 radical (unpaired) electrons. The Bertz CT molecular complexity index is 447. The third-order valence-electron chi connectivity index (χ3n) is 3.58. The lowest BCUT2D eigenvalue weighted by Gasteiger charge is -2.16. The SMILES string of the molecule is O=C(NCCC(=O)N1CCC(CCO)C1)c1ccsc1. The quantitative estimate of drug-likeness (QED) is 0.826. The minimum absolute atomic E-state index is 0.0797. The second-order valence-electron chi connectivity index (χ2n) is 5.02. The van der Waals surface area contributed by atoms with Gasteiger partial charge >= 0.3 is 0 Å². The molecule has 20 heavy (non-hydrogen) atoms. The first-order chi connectivity index (χ1) is 9.70. The van der Waals surface area contributed by atoms with Crippen LogP contribution in [0.3, 0.4) is 0 Å². The van der Waals surface area contributed by atoms with Gasteiger partial charge in [-0.15, -0.1) is 0 Å². The van der Waals surface area contributed by atoms with Crippen LogP contribution in [-0.2, 0) is 4.79 Å². The van der Waals surface area contributed by atoms with Gasteiger partial charge in [0.25, 0.3) is 5.91 Å². The summed E-state index contributed by atoms with van der Waals surface area (Å²) in [6.45, 7) is 2.05. The third-order valence-corrected chi connectivity index (χ3v) is 4.27. The molecule has 0 aliphatic carbocycles. The molecule has 0 bridgehead atoms. The summed E-state index contributed by atoms with van der Waals surface area (Å²) in [4.78, 5) is 25.5. The van der Waals surface area contributed by atoms with Crippen molar-refractivity contribution < 1.29 is 14.7 Å². The Morgan fingerprint density at radius 2 is 2.35 bits per heavy atom. The van der Waals surface area contributed by atoms with E-state index in [2.05, 4.69) is 5.32 Å². The van der Waals surface area contributed by atoms with Crippen molar-refractivity contribution in [3.63, 3.8) is 0 Å². The maximum atomic E-state index is 12.0. The van der Waals surface area contributed by atoms with Crippen LogP contribution >= 0.6 is 11.3 Å². The van der Waals surface area contributed by atoms with Crippen LogP contribution in [0.5, 0.6) is 0 Å². The lowest BCUT2D eigenvalue weighted by Crippen LogP contribution is -2.33. The zero-order chi connectivity index (χ0) is 14.4. The molecule has 2 rings (SSSR count). The summed E-state index contributed by atoms with van der Waals surface area (Å²) in [7, 11) is 0. The van der Waals surface area contributed by atoms with Gasteiger partial charge in [-0.25, -0.2) is 0 Å². The van der Waals surface area contributed by atoms with Crippen LogP contribution in [0, 0.1) is 5.92 Å². The van der Waals surface area contributed by atoms with Crippen molar-refractivity contribution in [3.8, 4) is 0 Å². The summed E-state index contributed by atoms with van der Waals surface area (Å²) < 4.78 is 0. The number of hydrogen-bond acceptors (Lipinski definition) is 4. The highest BCUT2D eigenvalue weighted by molar-refractivity contribution is 7.08. The number of thiophene rings is 1. The van der Waals surface area contributed by atoms with Crippen LogP contribution in [0.15, 0.2) is 16.8 Å². The van der Waals surface area contributed by atoms with Gasteiger partial charge in [0.2, 0.25) is 5.91 Å². The highest BCUT2D eigenvalue weighted by atomic mass is 32.1. The predicted octanol–water partition coefficient (Wildman–Crippen LogP) is 1.10. The molecule has 0 saturated carbocycles. The maximum Gasteiger partial charge on any atom is 0.252 e. The van der Waals surface area contributed by atoms with Gasteiger partial charge in [-0.05, 0) is 30.2 Å². The summed E-state index contributed by atoms with van der Waals surface area (Å²) in [5.74, 6) is 0.374. The molecule has 2 heterocycles. The number of nitrogens with one attached hydrogen (secondary N) is 1. The van der Waals surface area contributed by atoms with Crippen molar-refractivity contribution >= 4 is 23.2 Å². The predicted molar refractivity (Wildman–Crippen MR) is 77.7 cm³/mol. The fourth-order valence-corrected chi connectivity index (χ4v) is 3.05. The Kier molecular flexibility index (Phi) is 5.55. The van der Waals surface area contributed by atoms with Gasteiger partial charge in [0, 0.05) is 43.6 Å². The van der Waals surface area contributed by atoms with E-state index >= 15 is 0 Å². The molecule has 1 fully saturated rings. The van der Waals surface area contributed by atoms with E-state index in [1.54, 1.807) is 11.4 Å². The molecule has 0 aromatic carbocycles. The molecular formula is C14H20N2O3S. The Labute approximate surface area is 122 Å². The molecule has 1 aromatic rings. The van der Waals surface area contributed by atoms with E-state index in [0.29, 0.717) is 24.4 Å². The number of hydrogen-bond donors (Lipinski definition) is 2. The fourth-order valence-electron chi connectivity index (χ4n) is 2.41. The summed E-state index contributed by atoms with van der Waals surface area (Å²) >= 11 is 1.48. The fraction of sp³-hybridized carbons (Fsp3) is 0.571. The Morgan fingerprint density at radius 3 is 3.05 bits per heavy atom. The van der Waals surface area contributed by atoms with Crippen molar-refractivity contribution in [2.45, 2.75) is 19.3 Å². The van der Waals surface area contributed by atoms with E-state index in [0.717, 1.165) is 25.9 Å². The number of carbonyl (C=O) groups excluding carboxylic acids is 2. The van der Waals surface area contributed by atoms with Gasteiger partial charge in [0.15, 0.2) is 0 Å². The maximum absolute atomic E-state index is 12.0. The zero-order valence-electron chi connectivity index (χ0n) is 11.4. The average molecular weight is 296 g/mol. The Morgan fingerprint density at radius 1 is 1.50 bits per heavy atom. The first-order valence-corrected chi connectivity index (χ1v) is 7.84. The number of amides is 2. The molecule has 0 spiro atoms. The molecule has 5 nitrogen and oxygen atoms in total. The van der Waals surface area contributed by atoms with Gasteiger partial charge in [0.1, 0.15) is 0 Å². The molecule has 6 heteroatoms. The van der Waals surface area contributed by atoms with Gasteiger partial charge in [-0.3, -0.25) is 9.59 Å². The number of aliphatic hydroxyl groups is 1. The zero-order valence-corrected chi connectivity index (χ0v) is 12.2. The number of rotatable bonds is 6. The molecule has 2 amide bonds. The number of nitrogens with zero attached hydrogens (tertiary/aromatic N) is 1. The van der Waals surface area contributed by atoms with Gasteiger partial charge in [-0.2, -0.15) is 11.3 Å². The minimum Gasteiger partial charge on any atom is -0.396 e. The van der Waals surface area contributed by atoms with Crippen LogP contribution in [-0.4, -0.2) is 48.1 Å².